The topological polar surface area (TPSA) is 80.6 Å². The molecule has 1 aromatic heterocycles. The molecule has 0 spiro atoms. The molecular formula is C20H17ClN2O4. The molecule has 0 bridgehead atoms. The molecule has 0 radical (unpaired) electrons. The van der Waals surface area contributed by atoms with Gasteiger partial charge < -0.3 is 19.8 Å². The van der Waals surface area contributed by atoms with Gasteiger partial charge in [0.05, 0.1) is 11.3 Å². The van der Waals surface area contributed by atoms with E-state index in [4.69, 9.17) is 20.8 Å². The van der Waals surface area contributed by atoms with Crippen molar-refractivity contribution in [3.63, 3.8) is 0 Å². The minimum absolute atomic E-state index is 0.220. The van der Waals surface area contributed by atoms with Gasteiger partial charge in [0, 0.05) is 11.4 Å². The summed E-state index contributed by atoms with van der Waals surface area (Å²) in [7, 11) is 0. The van der Waals surface area contributed by atoms with Crippen LogP contribution in [0.1, 0.15) is 17.5 Å². The Morgan fingerprint density at radius 3 is 2.26 bits per heavy atom. The van der Waals surface area contributed by atoms with Crippen molar-refractivity contribution >= 4 is 34.8 Å². The summed E-state index contributed by atoms with van der Waals surface area (Å²) in [5.41, 5.74) is 1.15. The first-order valence-electron chi connectivity index (χ1n) is 8.20. The first-order chi connectivity index (χ1) is 13.0. The van der Waals surface area contributed by atoms with E-state index < -0.39 is 6.10 Å². The van der Waals surface area contributed by atoms with Crippen LogP contribution in [0.2, 0.25) is 5.02 Å². The predicted octanol–water partition coefficient (Wildman–Crippen LogP) is 4.59. The fourth-order valence-electron chi connectivity index (χ4n) is 2.27. The van der Waals surface area contributed by atoms with Crippen molar-refractivity contribution < 1.29 is 18.7 Å². The number of carbonyl (C=O) groups is 2. The molecule has 2 aromatic carbocycles. The number of rotatable bonds is 6. The van der Waals surface area contributed by atoms with E-state index in [0.717, 1.165) is 0 Å². The highest BCUT2D eigenvalue weighted by atomic mass is 35.5. The van der Waals surface area contributed by atoms with Gasteiger partial charge in [-0.1, -0.05) is 23.7 Å². The second-order valence-corrected chi connectivity index (χ2v) is 6.10. The van der Waals surface area contributed by atoms with Crippen molar-refractivity contribution in [1.82, 2.24) is 0 Å². The van der Waals surface area contributed by atoms with Gasteiger partial charge in [-0.3, -0.25) is 9.59 Å². The van der Waals surface area contributed by atoms with Gasteiger partial charge in [0.2, 0.25) is 0 Å². The Labute approximate surface area is 161 Å². The number of carbonyl (C=O) groups excluding carboxylic acids is 2. The Balaban J connectivity index is 1.56. The number of halogens is 1. The average molecular weight is 385 g/mol. The minimum atomic E-state index is -0.733. The molecule has 1 unspecified atom stereocenters. The molecule has 0 aliphatic rings. The first-order valence-corrected chi connectivity index (χ1v) is 8.57. The van der Waals surface area contributed by atoms with E-state index in [1.165, 1.54) is 6.26 Å². The van der Waals surface area contributed by atoms with Crippen LogP contribution in [0.4, 0.5) is 11.4 Å². The molecule has 0 saturated heterocycles. The van der Waals surface area contributed by atoms with Crippen LogP contribution in [0.3, 0.4) is 0 Å². The third kappa shape index (κ3) is 4.89. The number of ether oxygens (including phenoxy) is 1. The third-order valence-electron chi connectivity index (χ3n) is 3.66. The highest BCUT2D eigenvalue weighted by Crippen LogP contribution is 2.24. The maximum absolute atomic E-state index is 12.3. The maximum atomic E-state index is 12.3. The Bertz CT molecular complexity index is 923. The molecule has 3 rings (SSSR count). The van der Waals surface area contributed by atoms with Crippen molar-refractivity contribution in [2.75, 3.05) is 10.6 Å². The van der Waals surface area contributed by atoms with Gasteiger partial charge in [-0.15, -0.1) is 0 Å². The number of hydrogen-bond donors (Lipinski definition) is 2. The lowest BCUT2D eigenvalue weighted by molar-refractivity contribution is -0.122. The summed E-state index contributed by atoms with van der Waals surface area (Å²) < 4.78 is 10.6. The van der Waals surface area contributed by atoms with E-state index in [0.29, 0.717) is 22.1 Å². The van der Waals surface area contributed by atoms with Gasteiger partial charge in [-0.2, -0.15) is 0 Å². The molecule has 2 N–H and O–H groups in total. The smallest absolute Gasteiger partial charge is 0.291 e. The zero-order valence-corrected chi connectivity index (χ0v) is 15.2. The lowest BCUT2D eigenvalue weighted by Crippen LogP contribution is -2.30. The summed E-state index contributed by atoms with van der Waals surface area (Å²) in [6.45, 7) is 1.64. The van der Waals surface area contributed by atoms with Crippen LogP contribution in [-0.2, 0) is 4.79 Å². The molecular weight excluding hydrogens is 368 g/mol. The SMILES string of the molecule is CC(Oc1ccccc1Cl)C(=O)Nc1ccc(NC(=O)c2ccco2)cc1. The van der Waals surface area contributed by atoms with E-state index in [-0.39, 0.29) is 17.6 Å². The molecule has 0 aliphatic heterocycles. The fraction of sp³-hybridized carbons (Fsp3) is 0.100. The highest BCUT2D eigenvalue weighted by molar-refractivity contribution is 6.32. The van der Waals surface area contributed by atoms with Crippen LogP contribution in [0, 0.1) is 0 Å². The average Bonchev–Trinajstić information content (AvgIpc) is 3.20. The van der Waals surface area contributed by atoms with Crippen molar-refractivity contribution in [2.45, 2.75) is 13.0 Å². The van der Waals surface area contributed by atoms with Gasteiger partial charge in [-0.05, 0) is 55.5 Å². The molecule has 1 atom stereocenters. The van der Waals surface area contributed by atoms with E-state index in [9.17, 15) is 9.59 Å². The number of benzene rings is 2. The normalized spacial score (nSPS) is 11.5. The molecule has 2 amide bonds. The summed E-state index contributed by atoms with van der Waals surface area (Å²) in [6.07, 6.45) is 0.697. The second kappa shape index (κ2) is 8.42. The molecule has 0 saturated carbocycles. The molecule has 1 heterocycles. The molecule has 27 heavy (non-hydrogen) atoms. The van der Waals surface area contributed by atoms with E-state index in [1.807, 2.05) is 0 Å². The lowest BCUT2D eigenvalue weighted by atomic mass is 10.2. The van der Waals surface area contributed by atoms with E-state index in [1.54, 1.807) is 67.6 Å². The zero-order chi connectivity index (χ0) is 19.2. The second-order valence-electron chi connectivity index (χ2n) is 5.69. The van der Waals surface area contributed by atoms with Gasteiger partial charge in [0.15, 0.2) is 11.9 Å². The van der Waals surface area contributed by atoms with Crippen molar-refractivity contribution in [3.05, 3.63) is 77.7 Å². The number of amides is 2. The van der Waals surface area contributed by atoms with Crippen LogP contribution in [-0.4, -0.2) is 17.9 Å². The van der Waals surface area contributed by atoms with Gasteiger partial charge >= 0.3 is 0 Å². The molecule has 6 nitrogen and oxygen atoms in total. The summed E-state index contributed by atoms with van der Waals surface area (Å²) in [5.74, 6) is -0.00318. The fourth-order valence-corrected chi connectivity index (χ4v) is 2.45. The largest absolute Gasteiger partial charge is 0.479 e. The Morgan fingerprint density at radius 1 is 0.963 bits per heavy atom. The number of nitrogens with one attached hydrogen (secondary N) is 2. The summed E-state index contributed by atoms with van der Waals surface area (Å²) in [6, 6.07) is 16.9. The van der Waals surface area contributed by atoms with Crippen molar-refractivity contribution in [2.24, 2.45) is 0 Å². The summed E-state index contributed by atoms with van der Waals surface area (Å²) in [4.78, 5) is 24.2. The Morgan fingerprint density at radius 2 is 1.63 bits per heavy atom. The first kappa shape index (κ1) is 18.5. The van der Waals surface area contributed by atoms with Crippen molar-refractivity contribution in [3.8, 4) is 5.75 Å². The van der Waals surface area contributed by atoms with Crippen LogP contribution in [0.15, 0.2) is 71.3 Å². The summed E-state index contributed by atoms with van der Waals surface area (Å²) in [5, 5.41) is 5.89. The maximum Gasteiger partial charge on any atom is 0.291 e. The van der Waals surface area contributed by atoms with Gasteiger partial charge in [0.25, 0.3) is 11.8 Å². The van der Waals surface area contributed by atoms with Crippen LogP contribution in [0.5, 0.6) is 5.75 Å². The number of furan rings is 1. The Hall–Kier alpha value is -3.25. The quantitative estimate of drug-likeness (QED) is 0.651. The van der Waals surface area contributed by atoms with E-state index in [2.05, 4.69) is 10.6 Å². The van der Waals surface area contributed by atoms with E-state index >= 15 is 0 Å². The molecule has 138 valence electrons. The zero-order valence-electron chi connectivity index (χ0n) is 14.4. The number of para-hydroxylation sites is 1. The standard InChI is InChI=1S/C20H17ClN2O4/c1-13(27-17-6-3-2-5-16(17)21)19(24)22-14-8-10-15(11-9-14)23-20(25)18-7-4-12-26-18/h2-13H,1H3,(H,22,24)(H,23,25). The van der Waals surface area contributed by atoms with Crippen LogP contribution in [0.25, 0.3) is 0 Å². The molecule has 0 aliphatic carbocycles. The molecule has 3 aromatic rings. The molecule has 0 fully saturated rings. The van der Waals surface area contributed by atoms with Crippen LogP contribution >= 0.6 is 11.6 Å². The predicted molar refractivity (Wildman–Crippen MR) is 103 cm³/mol. The lowest BCUT2D eigenvalue weighted by Gasteiger charge is -2.15. The van der Waals surface area contributed by atoms with Gasteiger partial charge in [-0.25, -0.2) is 0 Å². The minimum Gasteiger partial charge on any atom is -0.479 e. The number of anilines is 2. The molecule has 7 heteroatoms. The Kier molecular flexibility index (Phi) is 5.78. The monoisotopic (exact) mass is 384 g/mol. The summed E-state index contributed by atoms with van der Waals surface area (Å²) >= 11 is 6.03. The van der Waals surface area contributed by atoms with Crippen LogP contribution < -0.4 is 15.4 Å². The number of hydrogen-bond acceptors (Lipinski definition) is 4. The third-order valence-corrected chi connectivity index (χ3v) is 3.98. The van der Waals surface area contributed by atoms with Crippen molar-refractivity contribution in [1.29, 1.82) is 0 Å². The van der Waals surface area contributed by atoms with Gasteiger partial charge in [0.1, 0.15) is 5.75 Å². The highest BCUT2D eigenvalue weighted by Gasteiger charge is 2.16.